The number of aromatic nitrogens is 2. The highest BCUT2D eigenvalue weighted by Gasteiger charge is 2.30. The summed E-state index contributed by atoms with van der Waals surface area (Å²) in [7, 11) is 1.79. The zero-order chi connectivity index (χ0) is 21.3. The first-order chi connectivity index (χ1) is 14.5. The van der Waals surface area contributed by atoms with Crippen molar-refractivity contribution in [3.63, 3.8) is 0 Å². The number of piperidine rings is 1. The van der Waals surface area contributed by atoms with Crippen LogP contribution in [0.3, 0.4) is 0 Å². The molecule has 2 fully saturated rings. The van der Waals surface area contributed by atoms with E-state index in [0.717, 1.165) is 50.2 Å². The van der Waals surface area contributed by atoms with Gasteiger partial charge in [0.25, 0.3) is 5.91 Å². The molecule has 1 unspecified atom stereocenters. The van der Waals surface area contributed by atoms with E-state index in [-0.39, 0.29) is 18.0 Å². The van der Waals surface area contributed by atoms with Crippen molar-refractivity contribution >= 4 is 18.5 Å². The number of rotatable bonds is 3. The first-order valence-corrected chi connectivity index (χ1v) is 10.5. The predicted molar refractivity (Wildman–Crippen MR) is 117 cm³/mol. The smallest absolute Gasteiger partial charge is 0.272 e. The molecule has 9 heteroatoms. The van der Waals surface area contributed by atoms with E-state index in [2.05, 4.69) is 21.8 Å². The average molecular weight is 411 g/mol. The number of hydrogen-bond acceptors (Lipinski definition) is 7. The van der Waals surface area contributed by atoms with Gasteiger partial charge in [-0.25, -0.2) is 10.0 Å². The summed E-state index contributed by atoms with van der Waals surface area (Å²) in [5.41, 5.74) is 7.72. The number of amidine groups is 1. The second-order valence-electron chi connectivity index (χ2n) is 8.15. The van der Waals surface area contributed by atoms with Crippen molar-refractivity contribution in [2.75, 3.05) is 19.6 Å². The zero-order valence-electron chi connectivity index (χ0n) is 17.7. The fourth-order valence-electron chi connectivity index (χ4n) is 4.37. The van der Waals surface area contributed by atoms with Gasteiger partial charge in [-0.1, -0.05) is 0 Å². The van der Waals surface area contributed by atoms with Crippen LogP contribution in [0.2, 0.25) is 0 Å². The highest BCUT2D eigenvalue weighted by molar-refractivity contribution is 5.99. The summed E-state index contributed by atoms with van der Waals surface area (Å²) in [5.74, 6) is 1.61. The summed E-state index contributed by atoms with van der Waals surface area (Å²) in [4.78, 5) is 22.2. The molecule has 0 aromatic carbocycles. The van der Waals surface area contributed by atoms with E-state index in [4.69, 9.17) is 10.7 Å². The van der Waals surface area contributed by atoms with Crippen LogP contribution in [0.5, 0.6) is 0 Å². The third-order valence-electron chi connectivity index (χ3n) is 5.99. The fraction of sp³-hybridized carbons (Fsp3) is 0.524. The lowest BCUT2D eigenvalue weighted by Gasteiger charge is -2.35. The Bertz CT molecular complexity index is 914. The lowest BCUT2D eigenvalue weighted by atomic mass is 10.0. The van der Waals surface area contributed by atoms with Gasteiger partial charge in [0, 0.05) is 57.4 Å². The highest BCUT2D eigenvalue weighted by atomic mass is 16.2. The lowest BCUT2D eigenvalue weighted by Crippen LogP contribution is -2.44. The molecule has 1 aromatic rings. The molecule has 2 atom stereocenters. The topological polar surface area (TPSA) is 95.3 Å². The van der Waals surface area contributed by atoms with E-state index in [1.807, 2.05) is 24.1 Å². The van der Waals surface area contributed by atoms with Crippen LogP contribution in [0.15, 0.2) is 46.0 Å². The molecule has 0 aliphatic carbocycles. The summed E-state index contributed by atoms with van der Waals surface area (Å²) in [6.45, 7) is 8.13. The summed E-state index contributed by atoms with van der Waals surface area (Å²) in [6.07, 6.45) is 9.55. The van der Waals surface area contributed by atoms with Gasteiger partial charge in [-0.2, -0.15) is 10.2 Å². The van der Waals surface area contributed by atoms with Crippen LogP contribution in [-0.4, -0.2) is 74.8 Å². The third kappa shape index (κ3) is 3.89. The van der Waals surface area contributed by atoms with Gasteiger partial charge in [0.05, 0.1) is 6.04 Å². The monoisotopic (exact) mass is 410 g/mol. The van der Waals surface area contributed by atoms with Crippen molar-refractivity contribution in [1.82, 2.24) is 24.6 Å². The molecule has 9 nitrogen and oxygen atoms in total. The van der Waals surface area contributed by atoms with Crippen LogP contribution in [-0.2, 0) is 7.05 Å². The molecule has 1 amide bonds. The van der Waals surface area contributed by atoms with E-state index in [0.29, 0.717) is 18.1 Å². The Hall–Kier alpha value is -2.94. The van der Waals surface area contributed by atoms with E-state index in [9.17, 15) is 4.79 Å². The van der Waals surface area contributed by atoms with Crippen LogP contribution >= 0.6 is 0 Å². The number of aliphatic imine (C=N–C) groups is 1. The Morgan fingerprint density at radius 3 is 2.83 bits per heavy atom. The quantitative estimate of drug-likeness (QED) is 0.763. The number of hydrogen-bond donors (Lipinski definition) is 1. The first-order valence-electron chi connectivity index (χ1n) is 10.5. The van der Waals surface area contributed by atoms with Gasteiger partial charge in [0.2, 0.25) is 0 Å². The van der Waals surface area contributed by atoms with Crippen LogP contribution in [0.1, 0.15) is 43.1 Å². The van der Waals surface area contributed by atoms with E-state index in [1.54, 1.807) is 29.0 Å². The Morgan fingerprint density at radius 2 is 2.17 bits per heavy atom. The second kappa shape index (κ2) is 8.43. The van der Waals surface area contributed by atoms with Gasteiger partial charge in [-0.3, -0.25) is 9.48 Å². The minimum Gasteiger partial charge on any atom is -0.355 e. The van der Waals surface area contributed by atoms with E-state index >= 15 is 0 Å². The molecular formula is C21H30N8O. The number of nitrogens with two attached hydrogens (primary N) is 1. The molecule has 0 radical (unpaired) electrons. The molecule has 2 saturated heterocycles. The maximum atomic E-state index is 13.2. The largest absolute Gasteiger partial charge is 0.355 e. The minimum atomic E-state index is -0.0574. The molecule has 2 N–H and O–H groups in total. The van der Waals surface area contributed by atoms with Gasteiger partial charge in [-0.05, 0) is 44.7 Å². The van der Waals surface area contributed by atoms with Crippen molar-refractivity contribution in [2.24, 2.45) is 22.9 Å². The number of amides is 1. The van der Waals surface area contributed by atoms with Crippen molar-refractivity contribution in [3.05, 3.63) is 41.6 Å². The van der Waals surface area contributed by atoms with Gasteiger partial charge in [0.1, 0.15) is 11.5 Å². The molecule has 3 aliphatic heterocycles. The molecule has 0 bridgehead atoms. The number of aryl methyl sites for hydroxylation is 1. The highest BCUT2D eigenvalue weighted by Crippen LogP contribution is 2.26. The van der Waals surface area contributed by atoms with Gasteiger partial charge in [0.15, 0.2) is 5.82 Å². The van der Waals surface area contributed by atoms with Crippen LogP contribution in [0.25, 0.3) is 0 Å². The maximum Gasteiger partial charge on any atom is 0.272 e. The summed E-state index contributed by atoms with van der Waals surface area (Å²) in [6, 6.07) is 1.88. The van der Waals surface area contributed by atoms with Gasteiger partial charge in [-0.15, -0.1) is 0 Å². The van der Waals surface area contributed by atoms with Crippen molar-refractivity contribution in [2.45, 2.75) is 44.7 Å². The Kier molecular flexibility index (Phi) is 5.72. The summed E-state index contributed by atoms with van der Waals surface area (Å²) >= 11 is 0. The Morgan fingerprint density at radius 1 is 1.33 bits per heavy atom. The van der Waals surface area contributed by atoms with Gasteiger partial charge >= 0.3 is 0 Å². The zero-order valence-corrected chi connectivity index (χ0v) is 17.7. The Labute approximate surface area is 177 Å². The summed E-state index contributed by atoms with van der Waals surface area (Å²) in [5, 5.41) is 9.96. The normalized spacial score (nSPS) is 26.1. The second-order valence-corrected chi connectivity index (χ2v) is 8.15. The van der Waals surface area contributed by atoms with Crippen LogP contribution < -0.4 is 5.73 Å². The van der Waals surface area contributed by atoms with Crippen molar-refractivity contribution in [1.29, 1.82) is 0 Å². The number of hydrazone groups is 1. The molecular weight excluding hydrogens is 380 g/mol. The predicted octanol–water partition coefficient (Wildman–Crippen LogP) is 1.52. The molecule has 4 rings (SSSR count). The van der Waals surface area contributed by atoms with Crippen LogP contribution in [0, 0.1) is 0 Å². The standard InChI is InChI=1S/C21H30N8O/c1-15-13-29(23-2)19(25-20(15)27-11-8-16(22)14-27)12-17-6-4-5-10-28(17)21(30)18-7-9-24-26(18)3/h7,9,12-13,16-17H,2,4-6,8,10-11,14,22H2,1,3H3/b19-12-/t16-,17?/m0/s1. The molecule has 0 spiro atoms. The SMILES string of the molecule is C=NN1C=C(C)C(N2CC[C@H](N)C2)=N/C1=C/C1CCCCN1C(=O)c1ccnn1C. The van der Waals surface area contributed by atoms with Crippen molar-refractivity contribution in [3.8, 4) is 0 Å². The molecule has 3 aliphatic rings. The molecule has 160 valence electrons. The number of carbonyl (C=O) groups excluding carboxylic acids is 1. The van der Waals surface area contributed by atoms with Crippen molar-refractivity contribution < 1.29 is 4.79 Å². The Balaban J connectivity index is 1.64. The molecule has 0 saturated carbocycles. The van der Waals surface area contributed by atoms with Gasteiger partial charge < -0.3 is 15.5 Å². The minimum absolute atomic E-state index is 0.00749. The first kappa shape index (κ1) is 20.3. The number of likely N-dealkylation sites (tertiary alicyclic amines) is 2. The number of carbonyl (C=O) groups is 1. The maximum absolute atomic E-state index is 13.2. The lowest BCUT2D eigenvalue weighted by molar-refractivity contribution is 0.0650. The molecule has 4 heterocycles. The number of nitrogens with zero attached hydrogens (tertiary/aromatic N) is 7. The molecule has 1 aromatic heterocycles. The fourth-order valence-corrected chi connectivity index (χ4v) is 4.37. The van der Waals surface area contributed by atoms with E-state index < -0.39 is 0 Å². The summed E-state index contributed by atoms with van der Waals surface area (Å²) < 4.78 is 1.62. The third-order valence-corrected chi connectivity index (χ3v) is 5.99. The molecule has 30 heavy (non-hydrogen) atoms. The van der Waals surface area contributed by atoms with Crippen LogP contribution in [0.4, 0.5) is 0 Å². The average Bonchev–Trinajstić information content (AvgIpc) is 3.37. The van der Waals surface area contributed by atoms with E-state index in [1.165, 1.54) is 0 Å².